The van der Waals surface area contributed by atoms with Crippen LogP contribution in [0.2, 0.25) is 0 Å². The molecular formula is C16H15F2NO2. The first-order valence-electron chi connectivity index (χ1n) is 6.83. The van der Waals surface area contributed by atoms with Crippen LogP contribution in [-0.4, -0.2) is 5.97 Å². The zero-order chi connectivity index (χ0) is 15.2. The molecule has 1 aliphatic carbocycles. The van der Waals surface area contributed by atoms with E-state index in [-0.39, 0.29) is 11.7 Å². The summed E-state index contributed by atoms with van der Waals surface area (Å²) in [4.78, 5) is 12.0. The standard InChI is InChI=1S/C16H15F2NO2/c17-14-8-7-13(10-15(14)18)21-16(20)12-5-3-11(4-6-12)2-1-9-19/h1-2,7-8,10-12H,3-6H2. The molecule has 0 aliphatic heterocycles. The minimum Gasteiger partial charge on any atom is -0.426 e. The van der Waals surface area contributed by atoms with Gasteiger partial charge < -0.3 is 4.74 Å². The Balaban J connectivity index is 1.89. The number of nitriles is 1. The van der Waals surface area contributed by atoms with E-state index in [2.05, 4.69) is 0 Å². The maximum absolute atomic E-state index is 13.0. The topological polar surface area (TPSA) is 50.1 Å². The lowest BCUT2D eigenvalue weighted by atomic mass is 9.82. The van der Waals surface area contributed by atoms with Gasteiger partial charge >= 0.3 is 5.97 Å². The fourth-order valence-corrected chi connectivity index (χ4v) is 2.47. The molecule has 1 aromatic carbocycles. The van der Waals surface area contributed by atoms with Crippen molar-refractivity contribution in [3.63, 3.8) is 0 Å². The molecular weight excluding hydrogens is 276 g/mol. The van der Waals surface area contributed by atoms with E-state index in [1.807, 2.05) is 12.1 Å². The van der Waals surface area contributed by atoms with Crippen LogP contribution in [0.15, 0.2) is 30.4 Å². The Bertz CT molecular complexity index is 584. The lowest BCUT2D eigenvalue weighted by molar-refractivity contribution is -0.140. The van der Waals surface area contributed by atoms with Gasteiger partial charge in [0.2, 0.25) is 0 Å². The number of benzene rings is 1. The summed E-state index contributed by atoms with van der Waals surface area (Å²) >= 11 is 0. The highest BCUT2D eigenvalue weighted by molar-refractivity contribution is 5.75. The molecule has 1 aliphatic rings. The highest BCUT2D eigenvalue weighted by atomic mass is 19.2. The van der Waals surface area contributed by atoms with Crippen LogP contribution < -0.4 is 4.74 Å². The third kappa shape index (κ3) is 4.12. The van der Waals surface area contributed by atoms with E-state index in [1.165, 1.54) is 12.1 Å². The van der Waals surface area contributed by atoms with Crippen molar-refractivity contribution >= 4 is 5.97 Å². The largest absolute Gasteiger partial charge is 0.426 e. The molecule has 2 rings (SSSR count). The summed E-state index contributed by atoms with van der Waals surface area (Å²) in [5.41, 5.74) is 0. The molecule has 21 heavy (non-hydrogen) atoms. The van der Waals surface area contributed by atoms with E-state index in [4.69, 9.17) is 10.00 Å². The lowest BCUT2D eigenvalue weighted by Crippen LogP contribution is -2.25. The lowest BCUT2D eigenvalue weighted by Gasteiger charge is -2.25. The number of allylic oxidation sites excluding steroid dienone is 2. The van der Waals surface area contributed by atoms with Crippen molar-refractivity contribution in [1.82, 2.24) is 0 Å². The monoisotopic (exact) mass is 291 g/mol. The second kappa shape index (κ2) is 6.98. The zero-order valence-corrected chi connectivity index (χ0v) is 11.4. The highest BCUT2D eigenvalue weighted by Gasteiger charge is 2.26. The van der Waals surface area contributed by atoms with Crippen molar-refractivity contribution in [3.05, 3.63) is 42.0 Å². The van der Waals surface area contributed by atoms with Crippen molar-refractivity contribution in [2.24, 2.45) is 11.8 Å². The van der Waals surface area contributed by atoms with E-state index in [9.17, 15) is 13.6 Å². The predicted molar refractivity (Wildman–Crippen MR) is 72.2 cm³/mol. The van der Waals surface area contributed by atoms with Gasteiger partial charge in [0.15, 0.2) is 11.6 Å². The maximum atomic E-state index is 13.0. The molecule has 3 nitrogen and oxygen atoms in total. The van der Waals surface area contributed by atoms with Crippen molar-refractivity contribution in [1.29, 1.82) is 5.26 Å². The van der Waals surface area contributed by atoms with E-state index in [0.29, 0.717) is 18.8 Å². The Morgan fingerprint density at radius 3 is 2.57 bits per heavy atom. The van der Waals surface area contributed by atoms with Gasteiger partial charge in [0.05, 0.1) is 12.0 Å². The first-order valence-corrected chi connectivity index (χ1v) is 6.83. The summed E-state index contributed by atoms with van der Waals surface area (Å²) < 4.78 is 30.9. The number of rotatable bonds is 3. The van der Waals surface area contributed by atoms with Gasteiger partial charge in [-0.3, -0.25) is 4.79 Å². The van der Waals surface area contributed by atoms with Crippen LogP contribution >= 0.6 is 0 Å². The molecule has 0 bridgehead atoms. The fourth-order valence-electron chi connectivity index (χ4n) is 2.47. The molecule has 1 saturated carbocycles. The van der Waals surface area contributed by atoms with Crippen molar-refractivity contribution in [2.45, 2.75) is 25.7 Å². The van der Waals surface area contributed by atoms with Crippen molar-refractivity contribution < 1.29 is 18.3 Å². The summed E-state index contributed by atoms with van der Waals surface area (Å²) in [7, 11) is 0. The highest BCUT2D eigenvalue weighted by Crippen LogP contribution is 2.31. The number of ether oxygens (including phenoxy) is 1. The Hall–Kier alpha value is -2.22. The van der Waals surface area contributed by atoms with Crippen LogP contribution in [0.4, 0.5) is 8.78 Å². The minimum absolute atomic E-state index is 0.0189. The number of nitrogens with zero attached hydrogens (tertiary/aromatic N) is 1. The number of carbonyl (C=O) groups excluding carboxylic acids is 1. The number of carbonyl (C=O) groups is 1. The minimum atomic E-state index is -1.04. The molecule has 0 atom stereocenters. The van der Waals surface area contributed by atoms with Gasteiger partial charge in [0.25, 0.3) is 0 Å². The van der Waals surface area contributed by atoms with Crippen LogP contribution in [-0.2, 0) is 4.79 Å². The Morgan fingerprint density at radius 1 is 1.24 bits per heavy atom. The van der Waals surface area contributed by atoms with Gasteiger partial charge in [0.1, 0.15) is 5.75 Å². The predicted octanol–water partition coefficient (Wildman–Crippen LogP) is 3.76. The van der Waals surface area contributed by atoms with Gasteiger partial charge in [-0.2, -0.15) is 5.26 Å². The van der Waals surface area contributed by atoms with E-state index in [0.717, 1.165) is 25.0 Å². The van der Waals surface area contributed by atoms with E-state index >= 15 is 0 Å². The van der Waals surface area contributed by atoms with Crippen molar-refractivity contribution in [3.8, 4) is 11.8 Å². The quantitative estimate of drug-likeness (QED) is 0.484. The fraction of sp³-hybridized carbons (Fsp3) is 0.375. The molecule has 5 heteroatoms. The molecule has 0 radical (unpaired) electrons. The summed E-state index contributed by atoms with van der Waals surface area (Å²) in [5, 5.41) is 8.47. The average Bonchev–Trinajstić information content (AvgIpc) is 2.49. The maximum Gasteiger partial charge on any atom is 0.314 e. The smallest absolute Gasteiger partial charge is 0.314 e. The van der Waals surface area contributed by atoms with E-state index in [1.54, 1.807) is 0 Å². The van der Waals surface area contributed by atoms with Crippen molar-refractivity contribution in [2.75, 3.05) is 0 Å². The number of esters is 1. The zero-order valence-electron chi connectivity index (χ0n) is 11.4. The van der Waals surface area contributed by atoms with Gasteiger partial charge in [-0.05, 0) is 43.7 Å². The Kier molecular flexibility index (Phi) is 5.04. The number of hydrogen-bond donors (Lipinski definition) is 0. The second-order valence-electron chi connectivity index (χ2n) is 5.10. The SMILES string of the molecule is N#CC=CC1CCC(C(=O)Oc2ccc(F)c(F)c2)CC1. The van der Waals surface area contributed by atoms with Gasteiger partial charge in [0, 0.05) is 12.1 Å². The van der Waals surface area contributed by atoms with Gasteiger partial charge in [-0.25, -0.2) is 8.78 Å². The number of hydrogen-bond acceptors (Lipinski definition) is 3. The molecule has 0 spiro atoms. The van der Waals surface area contributed by atoms with Crippen LogP contribution in [0.3, 0.4) is 0 Å². The molecule has 110 valence electrons. The summed E-state index contributed by atoms with van der Waals surface area (Å²) in [6.45, 7) is 0. The number of halogens is 2. The molecule has 0 heterocycles. The molecule has 1 aromatic rings. The third-order valence-corrected chi connectivity index (χ3v) is 3.66. The van der Waals surface area contributed by atoms with Crippen LogP contribution in [0.5, 0.6) is 5.75 Å². The first kappa shape index (κ1) is 15.2. The van der Waals surface area contributed by atoms with Crippen LogP contribution in [0, 0.1) is 34.8 Å². The molecule has 0 unspecified atom stereocenters. The van der Waals surface area contributed by atoms with E-state index < -0.39 is 17.6 Å². The van der Waals surface area contributed by atoms with Crippen LogP contribution in [0.1, 0.15) is 25.7 Å². The molecule has 0 aromatic heterocycles. The first-order chi connectivity index (χ1) is 10.1. The third-order valence-electron chi connectivity index (χ3n) is 3.66. The summed E-state index contributed by atoms with van der Waals surface area (Å²) in [6.07, 6.45) is 6.29. The molecule has 0 saturated heterocycles. The average molecular weight is 291 g/mol. The Morgan fingerprint density at radius 2 is 1.95 bits per heavy atom. The summed E-state index contributed by atoms with van der Waals surface area (Å²) in [5.74, 6) is -2.32. The summed E-state index contributed by atoms with van der Waals surface area (Å²) in [6, 6.07) is 4.99. The molecule has 0 amide bonds. The van der Waals surface area contributed by atoms with Gasteiger partial charge in [-0.1, -0.05) is 6.08 Å². The second-order valence-corrected chi connectivity index (χ2v) is 5.10. The normalized spacial score (nSPS) is 22.0. The molecule has 1 fully saturated rings. The van der Waals surface area contributed by atoms with Gasteiger partial charge in [-0.15, -0.1) is 0 Å². The Labute approximate surface area is 121 Å². The van der Waals surface area contributed by atoms with Crippen LogP contribution in [0.25, 0.3) is 0 Å². The molecule has 0 N–H and O–H groups in total.